The van der Waals surface area contributed by atoms with Crippen LogP contribution in [0.2, 0.25) is 0 Å². The molecule has 6 heteroatoms. The van der Waals surface area contributed by atoms with Gasteiger partial charge in [-0.15, -0.1) is 0 Å². The van der Waals surface area contributed by atoms with Crippen LogP contribution >= 0.6 is 24.0 Å². The van der Waals surface area contributed by atoms with Crippen LogP contribution in [0.4, 0.5) is 0 Å². The number of carbonyl (C=O) groups is 1. The van der Waals surface area contributed by atoms with Gasteiger partial charge in [0, 0.05) is 12.0 Å². The summed E-state index contributed by atoms with van der Waals surface area (Å²) in [6.07, 6.45) is 2.56. The van der Waals surface area contributed by atoms with Crippen LogP contribution in [0.25, 0.3) is 6.08 Å². The molecule has 0 atom stereocenters. The summed E-state index contributed by atoms with van der Waals surface area (Å²) in [5.41, 5.74) is 0.855. The van der Waals surface area contributed by atoms with E-state index < -0.39 is 0 Å². The lowest BCUT2D eigenvalue weighted by molar-refractivity contribution is -0.115. The molecule has 4 nitrogen and oxygen atoms in total. The molecule has 0 aromatic heterocycles. The van der Waals surface area contributed by atoms with Crippen molar-refractivity contribution in [1.82, 2.24) is 5.32 Å². The number of benzene rings is 2. The minimum atomic E-state index is -0.166. The van der Waals surface area contributed by atoms with E-state index in [1.165, 1.54) is 11.8 Å². The van der Waals surface area contributed by atoms with Crippen molar-refractivity contribution in [3.05, 3.63) is 65.1 Å². The van der Waals surface area contributed by atoms with Crippen molar-refractivity contribution in [3.8, 4) is 11.5 Å². The number of thiocarbonyl (C=S) groups is 1. The average Bonchev–Trinajstić information content (AvgIpc) is 2.94. The van der Waals surface area contributed by atoms with Crippen molar-refractivity contribution in [2.75, 3.05) is 13.2 Å². The van der Waals surface area contributed by atoms with Gasteiger partial charge in [-0.05, 0) is 24.3 Å². The van der Waals surface area contributed by atoms with E-state index in [1.54, 1.807) is 6.08 Å². The molecule has 1 saturated heterocycles. The van der Waals surface area contributed by atoms with Crippen LogP contribution in [-0.2, 0) is 4.79 Å². The lowest BCUT2D eigenvalue weighted by Gasteiger charge is -2.10. The van der Waals surface area contributed by atoms with E-state index in [0.29, 0.717) is 22.4 Å². The third-order valence-corrected chi connectivity index (χ3v) is 4.57. The third kappa shape index (κ3) is 5.08. The Morgan fingerprint density at radius 2 is 1.72 bits per heavy atom. The van der Waals surface area contributed by atoms with Crippen LogP contribution in [0.5, 0.6) is 11.5 Å². The zero-order valence-electron chi connectivity index (χ0n) is 13.4. The minimum Gasteiger partial charge on any atom is -0.493 e. The van der Waals surface area contributed by atoms with Gasteiger partial charge >= 0.3 is 0 Å². The number of para-hydroxylation sites is 2. The summed E-state index contributed by atoms with van der Waals surface area (Å²) >= 11 is 6.27. The highest BCUT2D eigenvalue weighted by Crippen LogP contribution is 2.29. The summed E-state index contributed by atoms with van der Waals surface area (Å²) in [5.74, 6) is 1.43. The number of thioether (sulfide) groups is 1. The Kier molecular flexibility index (Phi) is 6.09. The van der Waals surface area contributed by atoms with E-state index >= 15 is 0 Å². The van der Waals surface area contributed by atoms with Gasteiger partial charge in [0.25, 0.3) is 5.91 Å². The second-order valence-corrected chi connectivity index (χ2v) is 6.97. The lowest BCUT2D eigenvalue weighted by atomic mass is 10.2. The quantitative estimate of drug-likeness (QED) is 0.452. The van der Waals surface area contributed by atoms with Gasteiger partial charge in [-0.3, -0.25) is 4.79 Å². The minimum absolute atomic E-state index is 0.166. The first-order valence-corrected chi connectivity index (χ1v) is 9.09. The number of hydrogen-bond acceptors (Lipinski definition) is 5. The monoisotopic (exact) mass is 371 g/mol. The average molecular weight is 371 g/mol. The Morgan fingerprint density at radius 3 is 2.48 bits per heavy atom. The summed E-state index contributed by atoms with van der Waals surface area (Å²) in [4.78, 5) is 12.4. The molecule has 1 aliphatic rings. The van der Waals surface area contributed by atoms with Gasteiger partial charge in [0.05, 0.1) is 18.1 Å². The summed E-state index contributed by atoms with van der Waals surface area (Å²) in [7, 11) is 0. The van der Waals surface area contributed by atoms with E-state index in [9.17, 15) is 4.79 Å². The number of carbonyl (C=O) groups excluding carboxylic acids is 1. The van der Waals surface area contributed by atoms with Crippen molar-refractivity contribution < 1.29 is 14.3 Å². The topological polar surface area (TPSA) is 47.6 Å². The van der Waals surface area contributed by atoms with E-state index in [4.69, 9.17) is 21.7 Å². The van der Waals surface area contributed by atoms with Gasteiger partial charge in [-0.25, -0.2) is 0 Å². The lowest BCUT2D eigenvalue weighted by Crippen LogP contribution is -2.17. The van der Waals surface area contributed by atoms with Gasteiger partial charge in [-0.2, -0.15) is 0 Å². The summed E-state index contributed by atoms with van der Waals surface area (Å²) in [5, 5.41) is 2.61. The predicted molar refractivity (Wildman–Crippen MR) is 105 cm³/mol. The van der Waals surface area contributed by atoms with Gasteiger partial charge in [0.15, 0.2) is 0 Å². The zero-order chi connectivity index (χ0) is 17.5. The maximum absolute atomic E-state index is 11.8. The highest BCUT2D eigenvalue weighted by Gasteiger charge is 2.22. The van der Waals surface area contributed by atoms with Crippen molar-refractivity contribution >= 4 is 40.3 Å². The summed E-state index contributed by atoms with van der Waals surface area (Å²) in [6.45, 7) is 1.12. The van der Waals surface area contributed by atoms with Crippen molar-refractivity contribution in [3.63, 3.8) is 0 Å². The Bertz CT molecular complexity index is 790. The Morgan fingerprint density at radius 1 is 1.00 bits per heavy atom. The van der Waals surface area contributed by atoms with E-state index in [1.807, 2.05) is 54.6 Å². The number of rotatable bonds is 7. The number of nitrogens with one attached hydrogen (secondary N) is 1. The Balaban J connectivity index is 1.54. The Labute approximate surface area is 156 Å². The van der Waals surface area contributed by atoms with Crippen molar-refractivity contribution in [2.45, 2.75) is 6.42 Å². The van der Waals surface area contributed by atoms with Gasteiger partial charge < -0.3 is 14.8 Å². The molecule has 0 bridgehead atoms. The number of ether oxygens (including phenoxy) is 2. The standard InChI is InChI=1S/C19H17NO3S2/c21-18-17(25-19(24)20-18)13-14-7-4-5-10-16(14)23-12-6-11-22-15-8-2-1-3-9-15/h1-5,7-10,13H,6,11-12H2,(H,20,21,24)/b17-13-. The normalized spacial score (nSPS) is 15.3. The molecule has 0 radical (unpaired) electrons. The molecule has 0 saturated carbocycles. The van der Waals surface area contributed by atoms with Gasteiger partial charge in [0.1, 0.15) is 15.8 Å². The summed E-state index contributed by atoms with van der Waals surface area (Å²) in [6, 6.07) is 17.3. The van der Waals surface area contributed by atoms with Crippen LogP contribution in [0.3, 0.4) is 0 Å². The first kappa shape index (κ1) is 17.5. The molecule has 0 aliphatic carbocycles. The highest BCUT2D eigenvalue weighted by atomic mass is 32.2. The van der Waals surface area contributed by atoms with Crippen LogP contribution in [0, 0.1) is 0 Å². The van der Waals surface area contributed by atoms with Crippen molar-refractivity contribution in [1.29, 1.82) is 0 Å². The molecule has 2 aromatic carbocycles. The largest absolute Gasteiger partial charge is 0.493 e. The van der Waals surface area contributed by atoms with E-state index in [0.717, 1.165) is 23.5 Å². The maximum atomic E-state index is 11.8. The second-order valence-electron chi connectivity index (χ2n) is 5.25. The Hall–Kier alpha value is -2.31. The van der Waals surface area contributed by atoms with E-state index in [2.05, 4.69) is 5.32 Å². The van der Waals surface area contributed by atoms with Gasteiger partial charge in [-0.1, -0.05) is 60.4 Å². The third-order valence-electron chi connectivity index (χ3n) is 3.41. The van der Waals surface area contributed by atoms with Crippen molar-refractivity contribution in [2.24, 2.45) is 0 Å². The van der Waals surface area contributed by atoms with Crippen LogP contribution in [0.1, 0.15) is 12.0 Å². The zero-order valence-corrected chi connectivity index (χ0v) is 15.1. The molecule has 25 heavy (non-hydrogen) atoms. The maximum Gasteiger partial charge on any atom is 0.263 e. The highest BCUT2D eigenvalue weighted by molar-refractivity contribution is 8.26. The molecule has 0 spiro atoms. The molecule has 3 rings (SSSR count). The molecule has 1 fully saturated rings. The van der Waals surface area contributed by atoms with E-state index in [-0.39, 0.29) is 5.91 Å². The number of hydrogen-bond donors (Lipinski definition) is 1. The molecule has 1 N–H and O–H groups in total. The fourth-order valence-electron chi connectivity index (χ4n) is 2.24. The molecule has 2 aromatic rings. The molecule has 128 valence electrons. The first-order valence-electron chi connectivity index (χ1n) is 7.87. The molecular weight excluding hydrogens is 354 g/mol. The molecule has 1 amide bonds. The summed E-state index contributed by atoms with van der Waals surface area (Å²) < 4.78 is 12.0. The fraction of sp³-hybridized carbons (Fsp3) is 0.158. The van der Waals surface area contributed by atoms with Crippen LogP contribution in [-0.4, -0.2) is 23.4 Å². The smallest absolute Gasteiger partial charge is 0.263 e. The first-order chi connectivity index (χ1) is 12.2. The predicted octanol–water partition coefficient (Wildman–Crippen LogP) is 4.02. The fourth-order valence-corrected chi connectivity index (χ4v) is 3.28. The SMILES string of the molecule is O=C1NC(=S)S/C1=C\c1ccccc1OCCCOc1ccccc1. The number of amides is 1. The molecule has 1 heterocycles. The van der Waals surface area contributed by atoms with Crippen LogP contribution in [0.15, 0.2) is 59.5 Å². The van der Waals surface area contributed by atoms with Gasteiger partial charge in [0.2, 0.25) is 0 Å². The molecular formula is C19H17NO3S2. The molecule has 1 aliphatic heterocycles. The molecule has 0 unspecified atom stereocenters. The second kappa shape index (κ2) is 8.69. The van der Waals surface area contributed by atoms with Crippen LogP contribution < -0.4 is 14.8 Å².